The molecule has 0 N–H and O–H groups in total. The Morgan fingerprint density at radius 2 is 0.981 bits per heavy atom. The predicted molar refractivity (Wildman–Crippen MR) is 213 cm³/mol. The average molecular weight is 666 g/mol. The number of anilines is 3. The van der Waals surface area contributed by atoms with Gasteiger partial charge in [0.25, 0.3) is 0 Å². The summed E-state index contributed by atoms with van der Waals surface area (Å²) >= 11 is 0. The molecule has 52 heavy (non-hydrogen) atoms. The van der Waals surface area contributed by atoms with Gasteiger partial charge in [-0.1, -0.05) is 140 Å². The van der Waals surface area contributed by atoms with Crippen molar-refractivity contribution < 1.29 is 8.83 Å². The maximum absolute atomic E-state index is 7.00. The summed E-state index contributed by atoms with van der Waals surface area (Å²) in [7, 11) is 0. The SMILES string of the molecule is c1ccc(N(c2ccc3oc4c(C5(c6ccccc6)c6ccccc6-c6ccccc65)cccc4c3c2)c2cccc3oc4ccccc4c23)cc1. The van der Waals surface area contributed by atoms with Gasteiger partial charge < -0.3 is 13.7 Å². The molecular weight excluding hydrogens is 635 g/mol. The number of benzene rings is 8. The van der Waals surface area contributed by atoms with Gasteiger partial charge in [0.1, 0.15) is 22.3 Å². The summed E-state index contributed by atoms with van der Waals surface area (Å²) in [6.45, 7) is 0. The Morgan fingerprint density at radius 1 is 0.385 bits per heavy atom. The summed E-state index contributed by atoms with van der Waals surface area (Å²) in [5, 5.41) is 4.34. The van der Waals surface area contributed by atoms with Gasteiger partial charge in [0.05, 0.1) is 16.5 Å². The van der Waals surface area contributed by atoms with Gasteiger partial charge in [-0.2, -0.15) is 0 Å². The Labute approximate surface area is 300 Å². The number of hydrogen-bond acceptors (Lipinski definition) is 3. The first-order chi connectivity index (χ1) is 25.8. The van der Waals surface area contributed by atoms with Gasteiger partial charge in [-0.15, -0.1) is 0 Å². The summed E-state index contributed by atoms with van der Waals surface area (Å²) in [6.07, 6.45) is 0. The largest absolute Gasteiger partial charge is 0.456 e. The van der Waals surface area contributed by atoms with Gasteiger partial charge >= 0.3 is 0 Å². The number of furan rings is 2. The fourth-order valence-electron chi connectivity index (χ4n) is 8.85. The highest BCUT2D eigenvalue weighted by Crippen LogP contribution is 2.57. The van der Waals surface area contributed by atoms with Gasteiger partial charge in [0.15, 0.2) is 0 Å². The van der Waals surface area contributed by atoms with Crippen LogP contribution >= 0.6 is 0 Å². The van der Waals surface area contributed by atoms with Gasteiger partial charge in [-0.25, -0.2) is 0 Å². The van der Waals surface area contributed by atoms with E-state index >= 15 is 0 Å². The van der Waals surface area contributed by atoms with Crippen LogP contribution in [0, 0.1) is 0 Å². The highest BCUT2D eigenvalue weighted by molar-refractivity contribution is 6.14. The summed E-state index contributed by atoms with van der Waals surface area (Å²) < 4.78 is 13.3. The smallest absolute Gasteiger partial charge is 0.140 e. The van der Waals surface area contributed by atoms with E-state index in [9.17, 15) is 0 Å². The van der Waals surface area contributed by atoms with Gasteiger partial charge in [-0.05, 0) is 76.3 Å². The third-order valence-electron chi connectivity index (χ3n) is 10.9. The van der Waals surface area contributed by atoms with Crippen LogP contribution in [0.2, 0.25) is 0 Å². The minimum absolute atomic E-state index is 0.557. The lowest BCUT2D eigenvalue weighted by Crippen LogP contribution is -2.28. The van der Waals surface area contributed by atoms with Crippen molar-refractivity contribution >= 4 is 60.9 Å². The molecule has 0 aliphatic heterocycles. The van der Waals surface area contributed by atoms with Crippen molar-refractivity contribution in [2.45, 2.75) is 5.41 Å². The second-order valence-corrected chi connectivity index (χ2v) is 13.6. The molecular formula is C49H31NO2. The molecule has 2 heterocycles. The standard InChI is InChI=1S/C49H31NO2/c1-3-15-32(16-4-1)49(40-23-10-7-19-35(40)36-20-8-11-24-41(36)49)42-25-13-22-37-39-31-34(29-30-45(39)52-48(37)42)50(33-17-5-2-6-18-33)43-26-14-28-46-47(43)38-21-9-12-27-44(38)51-46/h1-31H. The third-order valence-corrected chi connectivity index (χ3v) is 10.9. The molecule has 244 valence electrons. The first-order valence-corrected chi connectivity index (χ1v) is 17.8. The van der Waals surface area contributed by atoms with Gasteiger partial charge in [-0.3, -0.25) is 0 Å². The zero-order valence-corrected chi connectivity index (χ0v) is 28.2. The Morgan fingerprint density at radius 3 is 1.77 bits per heavy atom. The van der Waals surface area contributed by atoms with E-state index in [1.165, 1.54) is 27.8 Å². The molecule has 1 aliphatic carbocycles. The monoisotopic (exact) mass is 665 g/mol. The molecule has 10 aromatic rings. The van der Waals surface area contributed by atoms with E-state index in [0.29, 0.717) is 0 Å². The van der Waals surface area contributed by atoms with E-state index in [-0.39, 0.29) is 0 Å². The molecule has 2 aromatic heterocycles. The van der Waals surface area contributed by atoms with Crippen LogP contribution in [-0.2, 0) is 5.41 Å². The maximum atomic E-state index is 7.00. The summed E-state index contributed by atoms with van der Waals surface area (Å²) in [5.74, 6) is 0. The van der Waals surface area contributed by atoms with E-state index in [4.69, 9.17) is 8.83 Å². The molecule has 3 heteroatoms. The van der Waals surface area contributed by atoms with Crippen LogP contribution in [0.4, 0.5) is 17.1 Å². The molecule has 0 atom stereocenters. The van der Waals surface area contributed by atoms with Crippen molar-refractivity contribution in [3.8, 4) is 11.1 Å². The zero-order chi connectivity index (χ0) is 34.2. The Hall–Kier alpha value is -6.84. The Bertz CT molecular complexity index is 2930. The maximum Gasteiger partial charge on any atom is 0.140 e. The molecule has 0 fully saturated rings. The summed E-state index contributed by atoms with van der Waals surface area (Å²) in [4.78, 5) is 2.33. The molecule has 0 saturated carbocycles. The van der Waals surface area contributed by atoms with E-state index in [2.05, 4.69) is 181 Å². The van der Waals surface area contributed by atoms with Crippen LogP contribution in [0.1, 0.15) is 22.3 Å². The molecule has 1 aliphatic rings. The molecule has 0 bridgehead atoms. The first-order valence-electron chi connectivity index (χ1n) is 17.8. The topological polar surface area (TPSA) is 29.5 Å². The molecule has 8 aromatic carbocycles. The lowest BCUT2D eigenvalue weighted by Gasteiger charge is -2.33. The van der Waals surface area contributed by atoms with E-state index < -0.39 is 5.41 Å². The number of nitrogens with zero attached hydrogens (tertiary/aromatic N) is 1. The number of para-hydroxylation sites is 3. The summed E-state index contributed by atoms with van der Waals surface area (Å²) in [6, 6.07) is 67.0. The fourth-order valence-corrected chi connectivity index (χ4v) is 8.85. The van der Waals surface area contributed by atoms with Crippen molar-refractivity contribution in [1.82, 2.24) is 0 Å². The minimum atomic E-state index is -0.557. The molecule has 11 rings (SSSR count). The highest BCUT2D eigenvalue weighted by atomic mass is 16.3. The lowest BCUT2D eigenvalue weighted by atomic mass is 9.67. The number of hydrogen-bond donors (Lipinski definition) is 0. The van der Waals surface area contributed by atoms with E-state index in [1.54, 1.807) is 0 Å². The molecule has 0 saturated heterocycles. The summed E-state index contributed by atoms with van der Waals surface area (Å²) in [5.41, 5.74) is 13.5. The fraction of sp³-hybridized carbons (Fsp3) is 0.0204. The predicted octanol–water partition coefficient (Wildman–Crippen LogP) is 13.3. The van der Waals surface area contributed by atoms with Crippen LogP contribution in [0.25, 0.3) is 55.0 Å². The second kappa shape index (κ2) is 11.1. The van der Waals surface area contributed by atoms with Crippen molar-refractivity contribution in [3.63, 3.8) is 0 Å². The number of fused-ring (bicyclic) bond motifs is 9. The van der Waals surface area contributed by atoms with Crippen LogP contribution < -0.4 is 4.90 Å². The van der Waals surface area contributed by atoms with Crippen LogP contribution in [0.15, 0.2) is 197 Å². The van der Waals surface area contributed by atoms with E-state index in [0.717, 1.165) is 66.5 Å². The minimum Gasteiger partial charge on any atom is -0.456 e. The molecule has 0 amide bonds. The van der Waals surface area contributed by atoms with Gasteiger partial charge in [0, 0.05) is 33.1 Å². The third kappa shape index (κ3) is 3.96. The van der Waals surface area contributed by atoms with E-state index in [1.807, 2.05) is 12.1 Å². The zero-order valence-electron chi connectivity index (χ0n) is 28.2. The van der Waals surface area contributed by atoms with Crippen molar-refractivity contribution in [3.05, 3.63) is 210 Å². The average Bonchev–Trinajstić information content (AvgIpc) is 3.88. The molecule has 3 nitrogen and oxygen atoms in total. The van der Waals surface area contributed by atoms with Crippen LogP contribution in [0.5, 0.6) is 0 Å². The second-order valence-electron chi connectivity index (χ2n) is 13.6. The van der Waals surface area contributed by atoms with Crippen molar-refractivity contribution in [2.75, 3.05) is 4.90 Å². The number of rotatable bonds is 5. The quantitative estimate of drug-likeness (QED) is 0.183. The molecule has 0 unspecified atom stereocenters. The Balaban J connectivity index is 1.18. The lowest BCUT2D eigenvalue weighted by molar-refractivity contribution is 0.648. The van der Waals surface area contributed by atoms with Crippen LogP contribution in [0.3, 0.4) is 0 Å². The van der Waals surface area contributed by atoms with Crippen LogP contribution in [-0.4, -0.2) is 0 Å². The van der Waals surface area contributed by atoms with Crippen molar-refractivity contribution in [2.24, 2.45) is 0 Å². The highest BCUT2D eigenvalue weighted by Gasteiger charge is 2.47. The molecule has 0 spiro atoms. The Kier molecular flexibility index (Phi) is 6.17. The first kappa shape index (κ1) is 28.9. The normalized spacial score (nSPS) is 13.2. The van der Waals surface area contributed by atoms with Gasteiger partial charge in [0.2, 0.25) is 0 Å². The molecule has 0 radical (unpaired) electrons. The van der Waals surface area contributed by atoms with Crippen molar-refractivity contribution in [1.29, 1.82) is 0 Å².